The summed E-state index contributed by atoms with van der Waals surface area (Å²) in [6, 6.07) is 11.9. The molecule has 0 aliphatic heterocycles. The minimum absolute atomic E-state index is 0.0790. The normalized spacial score (nSPS) is 11.1. The van der Waals surface area contributed by atoms with E-state index in [2.05, 4.69) is 34.6 Å². The first-order valence-corrected chi connectivity index (χ1v) is 10.3. The largest absolute Gasteiger partial charge is 0.493 e. The van der Waals surface area contributed by atoms with Crippen LogP contribution in [-0.2, 0) is 12.8 Å². The van der Waals surface area contributed by atoms with Crippen LogP contribution in [-0.4, -0.2) is 19.0 Å². The van der Waals surface area contributed by atoms with Gasteiger partial charge in [0.1, 0.15) is 11.5 Å². The Morgan fingerprint density at radius 1 is 0.857 bits per heavy atom. The van der Waals surface area contributed by atoms with Crippen LogP contribution in [0.4, 0.5) is 0 Å². The third-order valence-corrected chi connectivity index (χ3v) is 4.49. The first-order chi connectivity index (χ1) is 13.3. The quantitative estimate of drug-likeness (QED) is 0.469. The fourth-order valence-electron chi connectivity index (χ4n) is 2.88. The summed E-state index contributed by atoms with van der Waals surface area (Å²) in [5.74, 6) is 2.59. The maximum atomic E-state index is 13.0. The molecule has 3 nitrogen and oxygen atoms in total. The Morgan fingerprint density at radius 3 is 2.00 bits per heavy atom. The van der Waals surface area contributed by atoms with E-state index in [-0.39, 0.29) is 5.78 Å². The molecule has 0 N–H and O–H groups in total. The van der Waals surface area contributed by atoms with Gasteiger partial charge in [-0.1, -0.05) is 58.9 Å². The lowest BCUT2D eigenvalue weighted by molar-refractivity contribution is 0.0991. The van der Waals surface area contributed by atoms with Gasteiger partial charge in [0.05, 0.1) is 13.2 Å². The number of aryl methyl sites for hydroxylation is 2. The summed E-state index contributed by atoms with van der Waals surface area (Å²) in [4.78, 5) is 13.0. The van der Waals surface area contributed by atoms with E-state index in [1.807, 2.05) is 43.3 Å². The van der Waals surface area contributed by atoms with E-state index in [0.717, 1.165) is 34.6 Å². The predicted molar refractivity (Wildman–Crippen MR) is 116 cm³/mol. The van der Waals surface area contributed by atoms with Crippen LogP contribution in [0.2, 0.25) is 0 Å². The second-order valence-electron chi connectivity index (χ2n) is 8.30. The Morgan fingerprint density at radius 2 is 1.43 bits per heavy atom. The molecule has 0 atom stereocenters. The highest BCUT2D eigenvalue weighted by Crippen LogP contribution is 2.26. The van der Waals surface area contributed by atoms with Gasteiger partial charge < -0.3 is 9.47 Å². The minimum atomic E-state index is 0.0790. The SMILES string of the molecule is CCc1ccc(C(=O)Cc2ccc(C)cc2OCC(C)C)cc1OCC(C)C. The van der Waals surface area contributed by atoms with Crippen molar-refractivity contribution in [3.05, 3.63) is 58.7 Å². The smallest absolute Gasteiger partial charge is 0.167 e. The first kappa shape index (κ1) is 22.0. The van der Waals surface area contributed by atoms with Crippen LogP contribution in [0.15, 0.2) is 36.4 Å². The number of benzene rings is 2. The summed E-state index contributed by atoms with van der Waals surface area (Å²) in [5.41, 5.74) is 3.88. The Kier molecular flexibility index (Phi) is 8.10. The first-order valence-electron chi connectivity index (χ1n) is 10.3. The summed E-state index contributed by atoms with van der Waals surface area (Å²) in [6.45, 7) is 13.9. The van der Waals surface area contributed by atoms with Crippen LogP contribution < -0.4 is 9.47 Å². The zero-order valence-corrected chi connectivity index (χ0v) is 18.2. The second-order valence-corrected chi connectivity index (χ2v) is 8.30. The van der Waals surface area contributed by atoms with Crippen LogP contribution >= 0.6 is 0 Å². The molecule has 0 aliphatic rings. The number of hydrogen-bond acceptors (Lipinski definition) is 3. The van der Waals surface area contributed by atoms with Gasteiger partial charge in [0.2, 0.25) is 0 Å². The van der Waals surface area contributed by atoms with Crippen LogP contribution in [0.25, 0.3) is 0 Å². The number of hydrogen-bond donors (Lipinski definition) is 0. The second kappa shape index (κ2) is 10.3. The van der Waals surface area contributed by atoms with Gasteiger partial charge in [0.15, 0.2) is 5.78 Å². The zero-order valence-electron chi connectivity index (χ0n) is 18.2. The third-order valence-electron chi connectivity index (χ3n) is 4.49. The molecule has 0 bridgehead atoms. The van der Waals surface area contributed by atoms with Crippen molar-refractivity contribution in [2.24, 2.45) is 11.8 Å². The van der Waals surface area contributed by atoms with Gasteiger partial charge in [-0.3, -0.25) is 4.79 Å². The molecule has 0 saturated carbocycles. The molecule has 3 heteroatoms. The lowest BCUT2D eigenvalue weighted by Gasteiger charge is -2.15. The van der Waals surface area contributed by atoms with Crippen molar-refractivity contribution in [3.8, 4) is 11.5 Å². The molecule has 0 spiro atoms. The highest BCUT2D eigenvalue weighted by molar-refractivity contribution is 5.98. The van der Waals surface area contributed by atoms with E-state index in [4.69, 9.17) is 9.47 Å². The summed E-state index contributed by atoms with van der Waals surface area (Å²) < 4.78 is 11.9. The van der Waals surface area contributed by atoms with Crippen molar-refractivity contribution in [1.29, 1.82) is 0 Å². The van der Waals surface area contributed by atoms with E-state index in [1.54, 1.807) is 0 Å². The molecule has 0 radical (unpaired) electrons. The van der Waals surface area contributed by atoms with Crippen LogP contribution in [0.3, 0.4) is 0 Å². The number of Topliss-reactive ketones (excluding diaryl/α,β-unsaturated/α-hetero) is 1. The standard InChI is InChI=1S/C25H34O3/c1-7-20-10-11-21(14-25(20)28-16-18(4)5)23(26)13-22-9-8-19(6)12-24(22)27-15-17(2)3/h8-12,14,17-18H,7,13,15-16H2,1-6H3. The van der Waals surface area contributed by atoms with Crippen molar-refractivity contribution in [1.82, 2.24) is 0 Å². The van der Waals surface area contributed by atoms with Crippen LogP contribution in [0.5, 0.6) is 11.5 Å². The van der Waals surface area contributed by atoms with E-state index in [9.17, 15) is 4.79 Å². The van der Waals surface area contributed by atoms with Gasteiger partial charge >= 0.3 is 0 Å². The molecule has 2 aromatic rings. The highest BCUT2D eigenvalue weighted by Gasteiger charge is 2.14. The van der Waals surface area contributed by atoms with Crippen molar-refractivity contribution in [2.45, 2.75) is 54.4 Å². The molecule has 152 valence electrons. The lowest BCUT2D eigenvalue weighted by atomic mass is 9.99. The Hall–Kier alpha value is -2.29. The summed E-state index contributed by atoms with van der Waals surface area (Å²) in [6.07, 6.45) is 1.20. The molecule has 0 unspecified atom stereocenters. The molecule has 0 heterocycles. The summed E-state index contributed by atoms with van der Waals surface area (Å²) >= 11 is 0. The number of carbonyl (C=O) groups is 1. The molecule has 0 amide bonds. The molecule has 28 heavy (non-hydrogen) atoms. The number of rotatable bonds is 10. The average Bonchev–Trinajstić information content (AvgIpc) is 2.66. The Bertz CT molecular complexity index is 790. The fourth-order valence-corrected chi connectivity index (χ4v) is 2.88. The zero-order chi connectivity index (χ0) is 20.7. The lowest BCUT2D eigenvalue weighted by Crippen LogP contribution is -2.10. The molecular weight excluding hydrogens is 348 g/mol. The van der Waals surface area contributed by atoms with E-state index in [1.165, 1.54) is 0 Å². The molecule has 0 aliphatic carbocycles. The van der Waals surface area contributed by atoms with E-state index >= 15 is 0 Å². The van der Waals surface area contributed by atoms with Crippen LogP contribution in [0, 0.1) is 18.8 Å². The van der Waals surface area contributed by atoms with Crippen molar-refractivity contribution < 1.29 is 14.3 Å². The maximum absolute atomic E-state index is 13.0. The Labute approximate surface area is 170 Å². The topological polar surface area (TPSA) is 35.5 Å². The molecule has 2 rings (SSSR count). The predicted octanol–water partition coefficient (Wildman–Crippen LogP) is 6.05. The molecule has 2 aromatic carbocycles. The van der Waals surface area contributed by atoms with Gasteiger partial charge in [-0.05, 0) is 48.4 Å². The number of ether oxygens (including phenoxy) is 2. The third kappa shape index (κ3) is 6.40. The van der Waals surface area contributed by atoms with E-state index < -0.39 is 0 Å². The van der Waals surface area contributed by atoms with Gasteiger partial charge in [-0.2, -0.15) is 0 Å². The average molecular weight is 383 g/mol. The maximum Gasteiger partial charge on any atom is 0.167 e. The van der Waals surface area contributed by atoms with Crippen molar-refractivity contribution >= 4 is 5.78 Å². The minimum Gasteiger partial charge on any atom is -0.493 e. The summed E-state index contributed by atoms with van der Waals surface area (Å²) in [5, 5.41) is 0. The van der Waals surface area contributed by atoms with Gasteiger partial charge in [-0.15, -0.1) is 0 Å². The molecule has 0 fully saturated rings. The highest BCUT2D eigenvalue weighted by atomic mass is 16.5. The van der Waals surface area contributed by atoms with Crippen LogP contribution in [0.1, 0.15) is 61.7 Å². The van der Waals surface area contributed by atoms with Crippen molar-refractivity contribution in [2.75, 3.05) is 13.2 Å². The molecule has 0 aromatic heterocycles. The van der Waals surface area contributed by atoms with Gasteiger partial charge in [-0.25, -0.2) is 0 Å². The van der Waals surface area contributed by atoms with Crippen molar-refractivity contribution in [3.63, 3.8) is 0 Å². The molecular formula is C25H34O3. The van der Waals surface area contributed by atoms with Gasteiger partial charge in [0.25, 0.3) is 0 Å². The number of ketones is 1. The summed E-state index contributed by atoms with van der Waals surface area (Å²) in [7, 11) is 0. The van der Waals surface area contributed by atoms with Gasteiger partial charge in [0, 0.05) is 17.5 Å². The Balaban J connectivity index is 2.21. The number of carbonyl (C=O) groups excluding carboxylic acids is 1. The van der Waals surface area contributed by atoms with E-state index in [0.29, 0.717) is 37.0 Å². The monoisotopic (exact) mass is 382 g/mol. The molecule has 0 saturated heterocycles. The fraction of sp³-hybridized carbons (Fsp3) is 0.480.